The summed E-state index contributed by atoms with van der Waals surface area (Å²) >= 11 is 1.14. The van der Waals surface area contributed by atoms with Gasteiger partial charge in [-0.2, -0.15) is 0 Å². The number of nitrogens with one attached hydrogen (secondary N) is 1. The van der Waals surface area contributed by atoms with E-state index >= 15 is 0 Å². The van der Waals surface area contributed by atoms with E-state index in [4.69, 9.17) is 0 Å². The van der Waals surface area contributed by atoms with Gasteiger partial charge in [0, 0.05) is 19.2 Å². The van der Waals surface area contributed by atoms with Gasteiger partial charge in [-0.1, -0.05) is 29.5 Å². The number of anilines is 1. The van der Waals surface area contributed by atoms with Gasteiger partial charge < -0.3 is 9.88 Å². The molecule has 1 amide bonds. The van der Waals surface area contributed by atoms with Crippen LogP contribution in [0.1, 0.15) is 12.0 Å². The third-order valence-corrected chi connectivity index (χ3v) is 4.65. The zero-order valence-electron chi connectivity index (χ0n) is 12.5. The van der Waals surface area contributed by atoms with Gasteiger partial charge >= 0.3 is 4.87 Å². The molecule has 3 aromatic rings. The van der Waals surface area contributed by atoms with Gasteiger partial charge in [0.25, 0.3) is 0 Å². The van der Waals surface area contributed by atoms with Gasteiger partial charge in [0.2, 0.25) is 5.91 Å². The van der Waals surface area contributed by atoms with Crippen LogP contribution in [0, 0.1) is 5.82 Å². The Morgan fingerprint density at radius 2 is 2.04 bits per heavy atom. The van der Waals surface area contributed by atoms with Crippen LogP contribution in [-0.2, 0) is 18.3 Å². The topological polar surface area (TPSA) is 51.1 Å². The zero-order valence-corrected chi connectivity index (χ0v) is 13.3. The number of rotatable bonds is 4. The van der Waals surface area contributed by atoms with Crippen molar-refractivity contribution in [3.63, 3.8) is 0 Å². The highest BCUT2D eigenvalue weighted by Gasteiger charge is 2.08. The van der Waals surface area contributed by atoms with E-state index in [-0.39, 0.29) is 23.0 Å². The Balaban J connectivity index is 1.68. The molecule has 2 aromatic carbocycles. The van der Waals surface area contributed by atoms with E-state index in [1.165, 1.54) is 6.07 Å². The van der Waals surface area contributed by atoms with Crippen molar-refractivity contribution in [1.82, 2.24) is 4.57 Å². The number of amides is 1. The average molecular weight is 330 g/mol. The number of halogens is 1. The van der Waals surface area contributed by atoms with Crippen molar-refractivity contribution in [2.75, 3.05) is 5.32 Å². The Bertz CT molecular complexity index is 930. The summed E-state index contributed by atoms with van der Waals surface area (Å²) in [4.78, 5) is 23.6. The third-order valence-electron chi connectivity index (χ3n) is 3.66. The van der Waals surface area contributed by atoms with Gasteiger partial charge in [-0.25, -0.2) is 4.39 Å². The third kappa shape index (κ3) is 3.32. The minimum absolute atomic E-state index is 0.0389. The van der Waals surface area contributed by atoms with E-state index in [9.17, 15) is 14.0 Å². The number of benzene rings is 2. The monoisotopic (exact) mass is 330 g/mol. The first-order chi connectivity index (χ1) is 11.0. The van der Waals surface area contributed by atoms with Gasteiger partial charge in [0.05, 0.1) is 10.2 Å². The van der Waals surface area contributed by atoms with Crippen LogP contribution in [0.2, 0.25) is 0 Å². The molecule has 0 saturated heterocycles. The minimum atomic E-state index is -0.296. The van der Waals surface area contributed by atoms with Crippen LogP contribution in [0.5, 0.6) is 0 Å². The molecule has 6 heteroatoms. The number of thiazole rings is 1. The Hall–Kier alpha value is -2.47. The lowest BCUT2D eigenvalue weighted by atomic mass is 10.1. The molecule has 1 heterocycles. The molecule has 0 atom stereocenters. The van der Waals surface area contributed by atoms with Crippen molar-refractivity contribution in [2.24, 2.45) is 7.05 Å². The van der Waals surface area contributed by atoms with E-state index in [1.54, 1.807) is 48.0 Å². The van der Waals surface area contributed by atoms with Gasteiger partial charge in [0.15, 0.2) is 0 Å². The second kappa shape index (κ2) is 6.34. The Kier molecular flexibility index (Phi) is 4.25. The second-order valence-corrected chi connectivity index (χ2v) is 6.24. The molecule has 1 N–H and O–H groups in total. The predicted molar refractivity (Wildman–Crippen MR) is 90.4 cm³/mol. The molecule has 0 aliphatic heterocycles. The van der Waals surface area contributed by atoms with Crippen LogP contribution in [0.25, 0.3) is 10.2 Å². The normalized spacial score (nSPS) is 10.9. The van der Waals surface area contributed by atoms with Crippen molar-refractivity contribution in [2.45, 2.75) is 12.8 Å². The van der Waals surface area contributed by atoms with E-state index in [0.717, 1.165) is 21.6 Å². The first kappa shape index (κ1) is 15.4. The zero-order chi connectivity index (χ0) is 16.4. The molecule has 0 saturated carbocycles. The van der Waals surface area contributed by atoms with Crippen LogP contribution in [0.3, 0.4) is 0 Å². The fraction of sp³-hybridized carbons (Fsp3) is 0.176. The van der Waals surface area contributed by atoms with Gasteiger partial charge in [0.1, 0.15) is 5.82 Å². The summed E-state index contributed by atoms with van der Waals surface area (Å²) in [5.41, 5.74) is 2.00. The predicted octanol–water partition coefficient (Wildman–Crippen LogP) is 3.31. The number of aromatic nitrogens is 1. The number of fused-ring (bicyclic) bond motifs is 1. The average Bonchev–Trinajstić information content (AvgIpc) is 2.81. The molecule has 0 unspecified atom stereocenters. The van der Waals surface area contributed by atoms with Gasteiger partial charge in [-0.15, -0.1) is 0 Å². The molecule has 0 spiro atoms. The largest absolute Gasteiger partial charge is 0.326 e. The molecule has 0 aliphatic carbocycles. The molecule has 4 nitrogen and oxygen atoms in total. The molecule has 3 rings (SSSR count). The fourth-order valence-electron chi connectivity index (χ4n) is 2.38. The summed E-state index contributed by atoms with van der Waals surface area (Å²) in [5.74, 6) is -0.480. The SMILES string of the molecule is Cn1c(=O)sc2cc(NC(=O)CCc3ccccc3F)ccc21. The standard InChI is InChI=1S/C17H15FN2O2S/c1-20-14-8-7-12(10-15(14)23-17(20)22)19-16(21)9-6-11-4-2-3-5-13(11)18/h2-5,7-8,10H,6,9H2,1H3,(H,19,21). The summed E-state index contributed by atoms with van der Waals surface area (Å²) in [6, 6.07) is 11.8. The van der Waals surface area contributed by atoms with Crippen LogP contribution in [0.4, 0.5) is 10.1 Å². The quantitative estimate of drug-likeness (QED) is 0.798. The molecule has 0 fully saturated rings. The van der Waals surface area contributed by atoms with Gasteiger partial charge in [-0.05, 0) is 36.2 Å². The number of hydrogen-bond acceptors (Lipinski definition) is 3. The first-order valence-corrected chi connectivity index (χ1v) is 7.99. The van der Waals surface area contributed by atoms with Crippen molar-refractivity contribution in [3.05, 3.63) is 63.5 Å². The second-order valence-electron chi connectivity index (χ2n) is 5.25. The highest BCUT2D eigenvalue weighted by molar-refractivity contribution is 7.16. The van der Waals surface area contributed by atoms with Crippen LogP contribution in [-0.4, -0.2) is 10.5 Å². The number of carbonyl (C=O) groups is 1. The maximum atomic E-state index is 13.5. The van der Waals surface area contributed by atoms with Crippen molar-refractivity contribution in [1.29, 1.82) is 0 Å². The number of hydrogen-bond donors (Lipinski definition) is 1. The van der Waals surface area contributed by atoms with Crippen molar-refractivity contribution >= 4 is 33.1 Å². The number of nitrogens with zero attached hydrogens (tertiary/aromatic N) is 1. The molecule has 0 bridgehead atoms. The molecule has 0 radical (unpaired) electrons. The molecule has 23 heavy (non-hydrogen) atoms. The van der Waals surface area contributed by atoms with Gasteiger partial charge in [-0.3, -0.25) is 9.59 Å². The summed E-state index contributed by atoms with van der Waals surface area (Å²) in [6.45, 7) is 0. The maximum Gasteiger partial charge on any atom is 0.307 e. The lowest BCUT2D eigenvalue weighted by Gasteiger charge is -2.06. The van der Waals surface area contributed by atoms with Crippen LogP contribution >= 0.6 is 11.3 Å². The smallest absolute Gasteiger partial charge is 0.307 e. The van der Waals surface area contributed by atoms with E-state index in [1.807, 2.05) is 0 Å². The Morgan fingerprint density at radius 3 is 2.83 bits per heavy atom. The summed E-state index contributed by atoms with van der Waals surface area (Å²) < 4.78 is 15.9. The van der Waals surface area contributed by atoms with E-state index in [0.29, 0.717) is 17.7 Å². The summed E-state index contributed by atoms with van der Waals surface area (Å²) in [6.07, 6.45) is 0.545. The molecule has 0 aliphatic rings. The maximum absolute atomic E-state index is 13.5. The molecular weight excluding hydrogens is 315 g/mol. The van der Waals surface area contributed by atoms with Crippen molar-refractivity contribution < 1.29 is 9.18 Å². The fourth-order valence-corrected chi connectivity index (χ4v) is 3.30. The molecule has 1 aromatic heterocycles. The number of carbonyl (C=O) groups excluding carboxylic acids is 1. The summed E-state index contributed by atoms with van der Waals surface area (Å²) in [7, 11) is 1.72. The highest BCUT2D eigenvalue weighted by Crippen LogP contribution is 2.21. The highest BCUT2D eigenvalue weighted by atomic mass is 32.1. The Morgan fingerprint density at radius 1 is 1.26 bits per heavy atom. The van der Waals surface area contributed by atoms with Crippen molar-refractivity contribution in [3.8, 4) is 0 Å². The lowest BCUT2D eigenvalue weighted by molar-refractivity contribution is -0.116. The molecule has 118 valence electrons. The van der Waals surface area contributed by atoms with E-state index in [2.05, 4.69) is 5.32 Å². The minimum Gasteiger partial charge on any atom is -0.326 e. The van der Waals surface area contributed by atoms with Crippen LogP contribution in [0.15, 0.2) is 47.3 Å². The molecular formula is C17H15FN2O2S. The lowest BCUT2D eigenvalue weighted by Crippen LogP contribution is -2.12. The van der Waals surface area contributed by atoms with E-state index < -0.39 is 0 Å². The summed E-state index contributed by atoms with van der Waals surface area (Å²) in [5, 5.41) is 2.79. The first-order valence-electron chi connectivity index (χ1n) is 7.17. The van der Waals surface area contributed by atoms with Crippen LogP contribution < -0.4 is 10.2 Å². The Labute approximate surface area is 136 Å². The number of aryl methyl sites for hydroxylation is 2.